The van der Waals surface area contributed by atoms with Crippen LogP contribution in [-0.2, 0) is 13.0 Å². The fraction of sp³-hybridized carbons (Fsp3) is 0.333. The van der Waals surface area contributed by atoms with Gasteiger partial charge in [-0.1, -0.05) is 36.4 Å². The highest BCUT2D eigenvalue weighted by atomic mass is 16.2. The lowest BCUT2D eigenvalue weighted by Crippen LogP contribution is -2.35. The van der Waals surface area contributed by atoms with E-state index in [1.54, 1.807) is 6.20 Å². The maximum atomic E-state index is 12.7. The van der Waals surface area contributed by atoms with Gasteiger partial charge in [-0.05, 0) is 30.4 Å². The summed E-state index contributed by atoms with van der Waals surface area (Å²) < 4.78 is 1.97. The molecule has 0 fully saturated rings. The van der Waals surface area contributed by atoms with Gasteiger partial charge in [0.25, 0.3) is 5.91 Å². The van der Waals surface area contributed by atoms with Crippen LogP contribution in [0.4, 0.5) is 0 Å². The molecule has 4 rings (SSSR count). The Morgan fingerprint density at radius 2 is 1.95 bits per heavy atom. The SMILES string of the molecule is O=C(c1cnn2c1CCC2)N1CC=C(c2ccccc2)CC1. The van der Waals surface area contributed by atoms with E-state index in [1.165, 1.54) is 11.1 Å². The van der Waals surface area contributed by atoms with Crippen LogP contribution >= 0.6 is 0 Å². The van der Waals surface area contributed by atoms with Gasteiger partial charge in [0.2, 0.25) is 0 Å². The minimum absolute atomic E-state index is 0.131. The third kappa shape index (κ3) is 2.25. The first-order chi connectivity index (χ1) is 10.8. The number of nitrogens with zero attached hydrogens (tertiary/aromatic N) is 3. The highest BCUT2D eigenvalue weighted by Crippen LogP contribution is 2.25. The molecular weight excluding hydrogens is 274 g/mol. The molecule has 4 nitrogen and oxygen atoms in total. The molecule has 0 radical (unpaired) electrons. The lowest BCUT2D eigenvalue weighted by Gasteiger charge is -2.26. The van der Waals surface area contributed by atoms with Crippen LogP contribution < -0.4 is 0 Å². The molecule has 0 bridgehead atoms. The van der Waals surface area contributed by atoms with E-state index < -0.39 is 0 Å². The molecule has 0 saturated carbocycles. The zero-order chi connectivity index (χ0) is 14.9. The lowest BCUT2D eigenvalue weighted by molar-refractivity contribution is 0.0772. The summed E-state index contributed by atoms with van der Waals surface area (Å²) in [7, 11) is 0. The van der Waals surface area contributed by atoms with E-state index in [9.17, 15) is 4.79 Å². The second-order valence-electron chi connectivity index (χ2n) is 5.93. The number of aromatic nitrogens is 2. The van der Waals surface area contributed by atoms with E-state index in [0.29, 0.717) is 6.54 Å². The molecule has 3 heterocycles. The summed E-state index contributed by atoms with van der Waals surface area (Å²) in [5, 5.41) is 4.33. The third-order valence-electron chi connectivity index (χ3n) is 4.60. The molecule has 2 aliphatic rings. The van der Waals surface area contributed by atoms with Crippen molar-refractivity contribution in [1.82, 2.24) is 14.7 Å². The largest absolute Gasteiger partial charge is 0.334 e. The summed E-state index contributed by atoms with van der Waals surface area (Å²) in [6.07, 6.45) is 6.91. The van der Waals surface area contributed by atoms with Gasteiger partial charge in [0.05, 0.1) is 17.5 Å². The molecule has 2 aliphatic heterocycles. The first-order valence-electron chi connectivity index (χ1n) is 7.91. The number of hydrogen-bond donors (Lipinski definition) is 0. The van der Waals surface area contributed by atoms with Gasteiger partial charge in [0.15, 0.2) is 0 Å². The molecular formula is C18H19N3O. The van der Waals surface area contributed by atoms with Crippen LogP contribution in [-0.4, -0.2) is 33.7 Å². The molecule has 2 aromatic rings. The Morgan fingerprint density at radius 3 is 2.73 bits per heavy atom. The fourth-order valence-electron chi connectivity index (χ4n) is 3.38. The van der Waals surface area contributed by atoms with E-state index in [2.05, 4.69) is 35.4 Å². The quantitative estimate of drug-likeness (QED) is 0.854. The standard InChI is InChI=1S/C18H19N3O/c22-18(16-13-19-21-10-4-7-17(16)21)20-11-8-15(9-12-20)14-5-2-1-3-6-14/h1-3,5-6,8,13H,4,7,9-12H2. The number of carbonyl (C=O) groups is 1. The number of aryl methyl sites for hydroxylation is 1. The van der Waals surface area contributed by atoms with Crippen LogP contribution in [0.15, 0.2) is 42.6 Å². The lowest BCUT2D eigenvalue weighted by atomic mass is 9.99. The molecule has 0 spiro atoms. The van der Waals surface area contributed by atoms with Gasteiger partial charge in [-0.3, -0.25) is 9.48 Å². The Bertz CT molecular complexity index is 730. The Morgan fingerprint density at radius 1 is 1.09 bits per heavy atom. The van der Waals surface area contributed by atoms with Crippen molar-refractivity contribution < 1.29 is 4.79 Å². The Hall–Kier alpha value is -2.36. The topological polar surface area (TPSA) is 38.1 Å². The smallest absolute Gasteiger partial charge is 0.257 e. The second kappa shape index (κ2) is 5.44. The molecule has 0 unspecified atom stereocenters. The number of rotatable bonds is 2. The van der Waals surface area contributed by atoms with Gasteiger partial charge in [-0.25, -0.2) is 0 Å². The molecule has 22 heavy (non-hydrogen) atoms. The van der Waals surface area contributed by atoms with Crippen molar-refractivity contribution in [3.05, 3.63) is 59.4 Å². The molecule has 0 atom stereocenters. The van der Waals surface area contributed by atoms with Gasteiger partial charge in [0.1, 0.15) is 0 Å². The van der Waals surface area contributed by atoms with Gasteiger partial charge in [0, 0.05) is 19.6 Å². The van der Waals surface area contributed by atoms with Crippen molar-refractivity contribution in [3.63, 3.8) is 0 Å². The number of benzene rings is 1. The van der Waals surface area contributed by atoms with Crippen molar-refractivity contribution in [2.24, 2.45) is 0 Å². The van der Waals surface area contributed by atoms with Crippen LogP contribution in [0.1, 0.15) is 34.5 Å². The minimum atomic E-state index is 0.131. The molecule has 4 heteroatoms. The van der Waals surface area contributed by atoms with E-state index in [1.807, 2.05) is 15.6 Å². The average molecular weight is 293 g/mol. The van der Waals surface area contributed by atoms with Crippen molar-refractivity contribution in [3.8, 4) is 0 Å². The Kier molecular flexibility index (Phi) is 3.29. The molecule has 112 valence electrons. The van der Waals surface area contributed by atoms with Crippen LogP contribution in [0.3, 0.4) is 0 Å². The number of amides is 1. The summed E-state index contributed by atoms with van der Waals surface area (Å²) in [5.41, 5.74) is 4.52. The summed E-state index contributed by atoms with van der Waals surface area (Å²) in [4.78, 5) is 14.6. The summed E-state index contributed by atoms with van der Waals surface area (Å²) in [6, 6.07) is 10.4. The molecule has 1 aromatic heterocycles. The predicted molar refractivity (Wildman–Crippen MR) is 85.5 cm³/mol. The van der Waals surface area contributed by atoms with E-state index in [0.717, 1.165) is 43.6 Å². The maximum absolute atomic E-state index is 12.7. The van der Waals surface area contributed by atoms with Crippen LogP contribution in [0.5, 0.6) is 0 Å². The monoisotopic (exact) mass is 293 g/mol. The van der Waals surface area contributed by atoms with Crippen molar-refractivity contribution in [2.75, 3.05) is 13.1 Å². The van der Waals surface area contributed by atoms with Gasteiger partial charge in [-0.2, -0.15) is 5.10 Å². The van der Waals surface area contributed by atoms with Crippen LogP contribution in [0.2, 0.25) is 0 Å². The first-order valence-corrected chi connectivity index (χ1v) is 7.91. The minimum Gasteiger partial charge on any atom is -0.334 e. The van der Waals surface area contributed by atoms with Crippen molar-refractivity contribution in [1.29, 1.82) is 0 Å². The molecule has 1 aromatic carbocycles. The van der Waals surface area contributed by atoms with Crippen molar-refractivity contribution >= 4 is 11.5 Å². The zero-order valence-corrected chi connectivity index (χ0v) is 12.5. The van der Waals surface area contributed by atoms with Gasteiger partial charge >= 0.3 is 0 Å². The van der Waals surface area contributed by atoms with E-state index in [-0.39, 0.29) is 5.91 Å². The normalized spacial score (nSPS) is 17.3. The summed E-state index contributed by atoms with van der Waals surface area (Å²) >= 11 is 0. The second-order valence-corrected chi connectivity index (χ2v) is 5.93. The molecule has 0 saturated heterocycles. The number of fused-ring (bicyclic) bond motifs is 1. The van der Waals surface area contributed by atoms with Crippen molar-refractivity contribution in [2.45, 2.75) is 25.8 Å². The van der Waals surface area contributed by atoms with Gasteiger partial charge < -0.3 is 4.90 Å². The Balaban J connectivity index is 1.51. The third-order valence-corrected chi connectivity index (χ3v) is 4.60. The highest BCUT2D eigenvalue weighted by Gasteiger charge is 2.25. The Labute approximate surface area is 130 Å². The van der Waals surface area contributed by atoms with Crippen LogP contribution in [0, 0.1) is 0 Å². The molecule has 0 N–H and O–H groups in total. The number of carbonyl (C=O) groups excluding carboxylic acids is 1. The number of hydrogen-bond acceptors (Lipinski definition) is 2. The molecule has 0 aliphatic carbocycles. The summed E-state index contributed by atoms with van der Waals surface area (Å²) in [6.45, 7) is 2.42. The van der Waals surface area contributed by atoms with Gasteiger partial charge in [-0.15, -0.1) is 0 Å². The highest BCUT2D eigenvalue weighted by molar-refractivity contribution is 5.95. The maximum Gasteiger partial charge on any atom is 0.257 e. The van der Waals surface area contributed by atoms with Crippen LogP contribution in [0.25, 0.3) is 5.57 Å². The zero-order valence-electron chi connectivity index (χ0n) is 12.5. The first kappa shape index (κ1) is 13.3. The van der Waals surface area contributed by atoms with E-state index in [4.69, 9.17) is 0 Å². The summed E-state index contributed by atoms with van der Waals surface area (Å²) in [5.74, 6) is 0.131. The average Bonchev–Trinajstić information content (AvgIpc) is 3.18. The molecule has 1 amide bonds. The van der Waals surface area contributed by atoms with E-state index >= 15 is 0 Å². The fourth-order valence-corrected chi connectivity index (χ4v) is 3.38. The predicted octanol–water partition coefficient (Wildman–Crippen LogP) is 2.76.